The minimum absolute atomic E-state index is 0.847. The molecule has 1 fully saturated rings. The Bertz CT molecular complexity index is 783. The normalized spacial score (nSPS) is 15.3. The summed E-state index contributed by atoms with van der Waals surface area (Å²) in [5.74, 6) is 1.78. The summed E-state index contributed by atoms with van der Waals surface area (Å²) in [4.78, 5) is 15.0. The van der Waals surface area contributed by atoms with Crippen LogP contribution in [-0.4, -0.2) is 75.8 Å². The van der Waals surface area contributed by atoms with Crippen molar-refractivity contribution < 1.29 is 4.74 Å². The lowest BCUT2D eigenvalue weighted by molar-refractivity contribution is 0.255. The van der Waals surface area contributed by atoms with Crippen LogP contribution in [0.25, 0.3) is 0 Å². The molecule has 0 bridgehead atoms. The van der Waals surface area contributed by atoms with Gasteiger partial charge in [-0.2, -0.15) is 0 Å². The first kappa shape index (κ1) is 22.4. The number of methoxy groups -OCH3 is 1. The van der Waals surface area contributed by atoms with Gasteiger partial charge in [-0.1, -0.05) is 0 Å². The van der Waals surface area contributed by atoms with E-state index in [9.17, 15) is 0 Å². The summed E-state index contributed by atoms with van der Waals surface area (Å²) in [5, 5.41) is 7.96. The number of nitrogens with zero attached hydrogens (tertiary/aromatic N) is 4. The summed E-state index contributed by atoms with van der Waals surface area (Å²) in [6.45, 7) is 9.32. The van der Waals surface area contributed by atoms with Gasteiger partial charge in [0.05, 0.1) is 12.1 Å². The quantitative estimate of drug-likeness (QED) is 0.362. The zero-order chi connectivity index (χ0) is 21.2. The third kappa shape index (κ3) is 6.88. The van der Waals surface area contributed by atoms with E-state index in [2.05, 4.69) is 49.5 Å². The summed E-state index contributed by atoms with van der Waals surface area (Å²) in [6.07, 6.45) is 3.97. The van der Waals surface area contributed by atoms with Crippen LogP contribution < -0.4 is 20.3 Å². The predicted molar refractivity (Wildman–Crippen MR) is 126 cm³/mol. The minimum Gasteiger partial charge on any atom is -0.497 e. The molecule has 7 nitrogen and oxygen atoms in total. The van der Waals surface area contributed by atoms with Crippen LogP contribution in [0.4, 0.5) is 5.69 Å². The number of hydrogen-bond acceptors (Lipinski definition) is 6. The molecule has 0 atom stereocenters. The first-order chi connectivity index (χ1) is 14.7. The molecule has 0 radical (unpaired) electrons. The van der Waals surface area contributed by atoms with E-state index in [1.54, 1.807) is 18.4 Å². The number of guanidine groups is 1. The second kappa shape index (κ2) is 11.8. The van der Waals surface area contributed by atoms with Crippen molar-refractivity contribution >= 4 is 23.0 Å². The number of nitrogens with one attached hydrogen (secondary N) is 2. The summed E-state index contributed by atoms with van der Waals surface area (Å²) in [6, 6.07) is 8.36. The number of rotatable bonds is 9. The molecule has 1 aliphatic heterocycles. The van der Waals surface area contributed by atoms with Gasteiger partial charge in [0.25, 0.3) is 0 Å². The van der Waals surface area contributed by atoms with Crippen LogP contribution in [0.3, 0.4) is 0 Å². The summed E-state index contributed by atoms with van der Waals surface area (Å²) in [7, 11) is 3.53. The van der Waals surface area contributed by atoms with Crippen molar-refractivity contribution in [1.82, 2.24) is 20.5 Å². The lowest BCUT2D eigenvalue weighted by Crippen LogP contribution is -2.47. The standard InChI is InChI=1S/C22H34N6OS/c1-18-17-26-21(30-18)9-11-25-22(23-2)24-10-4-12-27-13-15-28(16-14-27)19-5-7-20(29-3)8-6-19/h5-8,17H,4,9-16H2,1-3H3,(H2,23,24,25). The first-order valence-electron chi connectivity index (χ1n) is 10.6. The highest BCUT2D eigenvalue weighted by Gasteiger charge is 2.16. The molecular weight excluding hydrogens is 396 g/mol. The maximum atomic E-state index is 5.25. The zero-order valence-corrected chi connectivity index (χ0v) is 19.2. The van der Waals surface area contributed by atoms with Gasteiger partial charge in [-0.15, -0.1) is 11.3 Å². The predicted octanol–water partition coefficient (Wildman–Crippen LogP) is 2.38. The molecule has 1 aromatic carbocycles. The molecule has 30 heavy (non-hydrogen) atoms. The Balaban J connectivity index is 1.28. The molecule has 2 heterocycles. The summed E-state index contributed by atoms with van der Waals surface area (Å²) >= 11 is 1.76. The van der Waals surface area contributed by atoms with Crippen LogP contribution in [0, 0.1) is 6.92 Å². The van der Waals surface area contributed by atoms with E-state index >= 15 is 0 Å². The summed E-state index contributed by atoms with van der Waals surface area (Å²) < 4.78 is 5.25. The molecule has 3 rings (SSSR count). The van der Waals surface area contributed by atoms with Crippen LogP contribution in [0.5, 0.6) is 5.75 Å². The molecule has 0 unspecified atom stereocenters. The van der Waals surface area contributed by atoms with Crippen molar-refractivity contribution in [3.8, 4) is 5.75 Å². The van der Waals surface area contributed by atoms with Gasteiger partial charge in [-0.05, 0) is 44.2 Å². The molecule has 164 valence electrons. The van der Waals surface area contributed by atoms with Crippen molar-refractivity contribution in [1.29, 1.82) is 0 Å². The smallest absolute Gasteiger partial charge is 0.190 e. The van der Waals surface area contributed by atoms with E-state index < -0.39 is 0 Å². The molecule has 1 saturated heterocycles. The first-order valence-corrected chi connectivity index (χ1v) is 11.5. The number of aryl methyl sites for hydroxylation is 1. The Labute approximate surface area is 184 Å². The zero-order valence-electron chi connectivity index (χ0n) is 18.4. The van der Waals surface area contributed by atoms with E-state index in [1.165, 1.54) is 15.6 Å². The fourth-order valence-corrected chi connectivity index (χ4v) is 4.34. The molecule has 0 aliphatic carbocycles. The number of aromatic nitrogens is 1. The van der Waals surface area contributed by atoms with Crippen molar-refractivity contribution in [2.75, 3.05) is 64.9 Å². The molecular formula is C22H34N6OS. The van der Waals surface area contributed by atoms with Gasteiger partial charge in [-0.3, -0.25) is 9.89 Å². The topological polar surface area (TPSA) is 65.0 Å². The molecule has 2 aromatic rings. The average Bonchev–Trinajstić information content (AvgIpc) is 3.21. The maximum absolute atomic E-state index is 5.25. The van der Waals surface area contributed by atoms with Gasteiger partial charge in [0.1, 0.15) is 5.75 Å². The third-order valence-corrected chi connectivity index (χ3v) is 6.25. The Hall–Kier alpha value is -2.32. The average molecular weight is 431 g/mol. The van der Waals surface area contributed by atoms with Gasteiger partial charge >= 0.3 is 0 Å². The van der Waals surface area contributed by atoms with E-state index in [4.69, 9.17) is 4.74 Å². The molecule has 0 saturated carbocycles. The Morgan fingerprint density at radius 2 is 1.87 bits per heavy atom. The van der Waals surface area contributed by atoms with Gasteiger partial charge < -0.3 is 20.3 Å². The molecule has 1 aliphatic rings. The van der Waals surface area contributed by atoms with Crippen LogP contribution in [0.1, 0.15) is 16.3 Å². The highest BCUT2D eigenvalue weighted by atomic mass is 32.1. The fourth-order valence-electron chi connectivity index (χ4n) is 3.56. The van der Waals surface area contributed by atoms with Crippen molar-refractivity contribution in [2.45, 2.75) is 19.8 Å². The maximum Gasteiger partial charge on any atom is 0.190 e. The number of benzene rings is 1. The second-order valence-corrected chi connectivity index (χ2v) is 8.74. The lowest BCUT2D eigenvalue weighted by atomic mass is 10.2. The second-order valence-electron chi connectivity index (χ2n) is 7.42. The van der Waals surface area contributed by atoms with Gasteiger partial charge in [-0.25, -0.2) is 4.98 Å². The van der Waals surface area contributed by atoms with Crippen LogP contribution in [-0.2, 0) is 6.42 Å². The largest absolute Gasteiger partial charge is 0.497 e. The van der Waals surface area contributed by atoms with Crippen LogP contribution in [0.15, 0.2) is 35.5 Å². The van der Waals surface area contributed by atoms with Crippen LogP contribution >= 0.6 is 11.3 Å². The Kier molecular flexibility index (Phi) is 8.77. The fraction of sp³-hybridized carbons (Fsp3) is 0.545. The molecule has 0 amide bonds. The monoisotopic (exact) mass is 430 g/mol. The lowest BCUT2D eigenvalue weighted by Gasteiger charge is -2.36. The van der Waals surface area contributed by atoms with E-state index in [0.717, 1.165) is 70.4 Å². The molecule has 1 aromatic heterocycles. The number of thiazole rings is 1. The summed E-state index contributed by atoms with van der Waals surface area (Å²) in [5.41, 5.74) is 1.28. The molecule has 8 heteroatoms. The van der Waals surface area contributed by atoms with Crippen LogP contribution in [0.2, 0.25) is 0 Å². The molecule has 0 spiro atoms. The van der Waals surface area contributed by atoms with Gasteiger partial charge in [0.2, 0.25) is 0 Å². The Morgan fingerprint density at radius 1 is 1.13 bits per heavy atom. The van der Waals surface area contributed by atoms with Crippen molar-refractivity contribution in [2.24, 2.45) is 4.99 Å². The van der Waals surface area contributed by atoms with E-state index in [0.29, 0.717) is 0 Å². The van der Waals surface area contributed by atoms with Crippen molar-refractivity contribution in [3.05, 3.63) is 40.3 Å². The van der Waals surface area contributed by atoms with E-state index in [1.807, 2.05) is 25.4 Å². The SMILES string of the molecule is CN=C(NCCCN1CCN(c2ccc(OC)cc2)CC1)NCCc1ncc(C)s1. The number of hydrogen-bond donors (Lipinski definition) is 2. The third-order valence-electron chi connectivity index (χ3n) is 5.28. The number of anilines is 1. The van der Waals surface area contributed by atoms with Crippen molar-refractivity contribution in [3.63, 3.8) is 0 Å². The molecule has 2 N–H and O–H groups in total. The van der Waals surface area contributed by atoms with E-state index in [-0.39, 0.29) is 0 Å². The minimum atomic E-state index is 0.847. The van der Waals surface area contributed by atoms with Gasteiger partial charge in [0.15, 0.2) is 5.96 Å². The highest BCUT2D eigenvalue weighted by molar-refractivity contribution is 7.11. The number of aliphatic imine (C=N–C) groups is 1. The Morgan fingerprint density at radius 3 is 2.50 bits per heavy atom. The number of ether oxygens (including phenoxy) is 1. The highest BCUT2D eigenvalue weighted by Crippen LogP contribution is 2.20. The van der Waals surface area contributed by atoms with Gasteiger partial charge in [0, 0.05) is 69.5 Å². The number of piperazine rings is 1.